The Morgan fingerprint density at radius 1 is 1.60 bits per heavy atom. The summed E-state index contributed by atoms with van der Waals surface area (Å²) in [6.45, 7) is 1.25. The van der Waals surface area contributed by atoms with E-state index in [1.165, 1.54) is 0 Å². The van der Waals surface area contributed by atoms with Gasteiger partial charge in [-0.25, -0.2) is 0 Å². The van der Waals surface area contributed by atoms with Gasteiger partial charge in [-0.15, -0.1) is 0 Å². The summed E-state index contributed by atoms with van der Waals surface area (Å²) in [7, 11) is 1.76. The third-order valence-electron chi connectivity index (χ3n) is 3.07. The van der Waals surface area contributed by atoms with Crippen LogP contribution in [0.15, 0.2) is 21.4 Å². The van der Waals surface area contributed by atoms with E-state index in [9.17, 15) is 4.79 Å². The molecule has 0 unspecified atom stereocenters. The van der Waals surface area contributed by atoms with Gasteiger partial charge in [0.1, 0.15) is 12.6 Å². The summed E-state index contributed by atoms with van der Waals surface area (Å²) >= 11 is 3.33. The fourth-order valence-corrected chi connectivity index (χ4v) is 2.32. The highest BCUT2D eigenvalue weighted by atomic mass is 79.9. The Kier molecular flexibility index (Phi) is 3.53. The van der Waals surface area contributed by atoms with Crippen LogP contribution in [0.5, 0.6) is 0 Å². The maximum Gasteiger partial charge on any atom is 0.245 e. The molecule has 0 aromatic carbocycles. The smallest absolute Gasteiger partial charge is 0.245 e. The second-order valence-electron chi connectivity index (χ2n) is 4.61. The van der Waals surface area contributed by atoms with Gasteiger partial charge in [0.25, 0.3) is 0 Å². The zero-order valence-electron chi connectivity index (χ0n) is 10.8. The lowest BCUT2D eigenvalue weighted by Crippen LogP contribution is -2.47. The van der Waals surface area contributed by atoms with Crippen molar-refractivity contribution in [2.24, 2.45) is 0 Å². The van der Waals surface area contributed by atoms with Crippen molar-refractivity contribution in [3.63, 3.8) is 0 Å². The van der Waals surface area contributed by atoms with E-state index in [1.807, 2.05) is 6.20 Å². The lowest BCUT2D eigenvalue weighted by Gasteiger charge is -2.28. The van der Waals surface area contributed by atoms with Crippen molar-refractivity contribution in [3.05, 3.63) is 28.6 Å². The molecule has 1 N–H and O–H groups in total. The minimum Gasteiger partial charge on any atom is -0.343 e. The molecule has 0 saturated carbocycles. The molecule has 3 rings (SSSR count). The topological polar surface area (TPSA) is 89.1 Å². The van der Waals surface area contributed by atoms with E-state index in [4.69, 9.17) is 4.52 Å². The van der Waals surface area contributed by atoms with Crippen LogP contribution in [0.3, 0.4) is 0 Å². The number of likely N-dealkylation sites (N-methyl/N-ethyl adjacent to an activating group) is 1. The Hall–Kier alpha value is -1.74. The molecule has 9 heteroatoms. The minimum atomic E-state index is -0.122. The van der Waals surface area contributed by atoms with Gasteiger partial charge < -0.3 is 9.42 Å². The fourth-order valence-electron chi connectivity index (χ4n) is 1.99. The molecule has 1 atom stereocenters. The Labute approximate surface area is 123 Å². The number of piperazine rings is 1. The first-order valence-corrected chi connectivity index (χ1v) is 6.89. The van der Waals surface area contributed by atoms with Gasteiger partial charge in [0.05, 0.1) is 17.2 Å². The quantitative estimate of drug-likeness (QED) is 0.857. The molecule has 0 bridgehead atoms. The number of halogens is 1. The Balaban J connectivity index is 1.69. The molecule has 0 spiro atoms. The first-order chi connectivity index (χ1) is 9.61. The molecule has 106 valence electrons. The SMILES string of the molecule is CN1C[C@@H](c2nc(Cn3cc(Br)cn3)no2)NCC1=O. The first kappa shape index (κ1) is 13.3. The van der Waals surface area contributed by atoms with Gasteiger partial charge in [-0.05, 0) is 15.9 Å². The number of hydrogen-bond donors (Lipinski definition) is 1. The van der Waals surface area contributed by atoms with Crippen molar-refractivity contribution in [1.29, 1.82) is 0 Å². The van der Waals surface area contributed by atoms with E-state index in [1.54, 1.807) is 22.8 Å². The van der Waals surface area contributed by atoms with Crippen LogP contribution in [-0.2, 0) is 11.3 Å². The zero-order valence-corrected chi connectivity index (χ0v) is 12.4. The van der Waals surface area contributed by atoms with Crippen molar-refractivity contribution in [2.45, 2.75) is 12.6 Å². The van der Waals surface area contributed by atoms with E-state index >= 15 is 0 Å². The predicted octanol–water partition coefficient (Wildman–Crippen LogP) is 0.180. The van der Waals surface area contributed by atoms with E-state index < -0.39 is 0 Å². The summed E-state index contributed by atoms with van der Waals surface area (Å²) in [5.74, 6) is 1.10. The van der Waals surface area contributed by atoms with Crippen molar-refractivity contribution in [2.75, 3.05) is 20.1 Å². The highest BCUT2D eigenvalue weighted by Crippen LogP contribution is 2.15. The molecular formula is C11H13BrN6O2. The number of amides is 1. The van der Waals surface area contributed by atoms with Crippen LogP contribution in [0, 0.1) is 0 Å². The number of carbonyl (C=O) groups is 1. The van der Waals surface area contributed by atoms with Crippen molar-refractivity contribution >= 4 is 21.8 Å². The fraction of sp³-hybridized carbons (Fsp3) is 0.455. The highest BCUT2D eigenvalue weighted by molar-refractivity contribution is 9.10. The lowest BCUT2D eigenvalue weighted by atomic mass is 10.2. The lowest BCUT2D eigenvalue weighted by molar-refractivity contribution is -0.131. The molecule has 1 fully saturated rings. The van der Waals surface area contributed by atoms with Gasteiger partial charge in [-0.1, -0.05) is 5.16 Å². The molecule has 2 aromatic rings. The van der Waals surface area contributed by atoms with Crippen LogP contribution in [0.2, 0.25) is 0 Å². The van der Waals surface area contributed by atoms with E-state index in [0.29, 0.717) is 24.8 Å². The molecule has 2 aromatic heterocycles. The summed E-state index contributed by atoms with van der Waals surface area (Å²) in [5.41, 5.74) is 0. The normalized spacial score (nSPS) is 19.6. The highest BCUT2D eigenvalue weighted by Gasteiger charge is 2.27. The van der Waals surface area contributed by atoms with Crippen LogP contribution in [-0.4, -0.2) is 50.9 Å². The maximum absolute atomic E-state index is 11.4. The van der Waals surface area contributed by atoms with E-state index in [2.05, 4.69) is 36.5 Å². The van der Waals surface area contributed by atoms with Gasteiger partial charge in [0, 0.05) is 19.8 Å². The molecule has 8 nitrogen and oxygen atoms in total. The van der Waals surface area contributed by atoms with Crippen LogP contribution in [0.1, 0.15) is 17.8 Å². The molecule has 20 heavy (non-hydrogen) atoms. The molecule has 1 aliphatic rings. The standard InChI is InChI=1S/C11H13BrN6O2/c1-17-5-8(13-3-10(17)19)11-15-9(16-20-11)6-18-4-7(12)2-14-18/h2,4,8,13H,3,5-6H2,1H3/t8-/m0/s1. The Morgan fingerprint density at radius 3 is 3.15 bits per heavy atom. The average molecular weight is 341 g/mol. The zero-order chi connectivity index (χ0) is 14.1. The summed E-state index contributed by atoms with van der Waals surface area (Å²) in [5, 5.41) is 11.1. The summed E-state index contributed by atoms with van der Waals surface area (Å²) < 4.78 is 7.86. The molecule has 1 aliphatic heterocycles. The summed E-state index contributed by atoms with van der Waals surface area (Å²) in [4.78, 5) is 17.4. The number of nitrogens with zero attached hydrogens (tertiary/aromatic N) is 5. The van der Waals surface area contributed by atoms with Gasteiger partial charge >= 0.3 is 0 Å². The third-order valence-corrected chi connectivity index (χ3v) is 3.48. The van der Waals surface area contributed by atoms with Crippen LogP contribution in [0.25, 0.3) is 0 Å². The van der Waals surface area contributed by atoms with Crippen LogP contribution in [0.4, 0.5) is 0 Å². The number of hydrogen-bond acceptors (Lipinski definition) is 6. The summed E-state index contributed by atoms with van der Waals surface area (Å²) in [6, 6.07) is -0.122. The Morgan fingerprint density at radius 2 is 2.45 bits per heavy atom. The van der Waals surface area contributed by atoms with E-state index in [-0.39, 0.29) is 18.5 Å². The van der Waals surface area contributed by atoms with E-state index in [0.717, 1.165) is 4.47 Å². The van der Waals surface area contributed by atoms with Crippen LogP contribution < -0.4 is 5.32 Å². The third kappa shape index (κ3) is 2.73. The Bertz CT molecular complexity index is 624. The second-order valence-corrected chi connectivity index (χ2v) is 5.53. The number of rotatable bonds is 3. The molecule has 0 aliphatic carbocycles. The molecular weight excluding hydrogens is 328 g/mol. The minimum absolute atomic E-state index is 0.0578. The van der Waals surface area contributed by atoms with Gasteiger partial charge in [-0.2, -0.15) is 10.1 Å². The van der Waals surface area contributed by atoms with Gasteiger partial charge in [0.15, 0.2) is 5.82 Å². The van der Waals surface area contributed by atoms with Crippen LogP contribution >= 0.6 is 15.9 Å². The molecule has 0 radical (unpaired) electrons. The number of aromatic nitrogens is 4. The summed E-state index contributed by atoms with van der Waals surface area (Å²) in [6.07, 6.45) is 3.53. The van der Waals surface area contributed by atoms with Crippen molar-refractivity contribution in [1.82, 2.24) is 30.1 Å². The largest absolute Gasteiger partial charge is 0.343 e. The predicted molar refractivity (Wildman–Crippen MR) is 71.7 cm³/mol. The number of nitrogens with one attached hydrogen (secondary N) is 1. The second kappa shape index (κ2) is 5.33. The maximum atomic E-state index is 11.4. The van der Waals surface area contributed by atoms with Gasteiger partial charge in [0.2, 0.25) is 11.8 Å². The van der Waals surface area contributed by atoms with Crippen molar-refractivity contribution < 1.29 is 9.32 Å². The van der Waals surface area contributed by atoms with Crippen molar-refractivity contribution in [3.8, 4) is 0 Å². The first-order valence-electron chi connectivity index (χ1n) is 6.09. The van der Waals surface area contributed by atoms with Gasteiger partial charge in [-0.3, -0.25) is 14.8 Å². The molecule has 1 amide bonds. The molecule has 3 heterocycles. The number of carbonyl (C=O) groups excluding carboxylic acids is 1. The average Bonchev–Trinajstić information content (AvgIpc) is 3.03. The monoisotopic (exact) mass is 340 g/mol. The molecule has 1 saturated heterocycles.